The molecule has 4 aromatic rings. The predicted octanol–water partition coefficient (Wildman–Crippen LogP) is 5.04. The number of urea groups is 1. The van der Waals surface area contributed by atoms with Crippen molar-refractivity contribution < 1.29 is 9.59 Å². The number of hydrogen-bond donors (Lipinski definition) is 3. The summed E-state index contributed by atoms with van der Waals surface area (Å²) >= 11 is 1.61. The second kappa shape index (κ2) is 10.6. The number of primary amides is 1. The van der Waals surface area contributed by atoms with Crippen molar-refractivity contribution in [2.75, 3.05) is 5.32 Å². The summed E-state index contributed by atoms with van der Waals surface area (Å²) in [6.45, 7) is 2.55. The van der Waals surface area contributed by atoms with Gasteiger partial charge in [0.1, 0.15) is 5.69 Å². The number of aromatic nitrogens is 2. The largest absolute Gasteiger partial charge is 0.351 e. The van der Waals surface area contributed by atoms with E-state index in [1.165, 1.54) is 6.08 Å². The second-order valence-corrected chi connectivity index (χ2v) is 8.72. The molecule has 7 nitrogen and oxygen atoms in total. The van der Waals surface area contributed by atoms with E-state index in [0.717, 1.165) is 27.3 Å². The smallest absolute Gasteiger partial charge is 0.316 e. The molecule has 2 heterocycles. The molecule has 0 bridgehead atoms. The van der Waals surface area contributed by atoms with Crippen LogP contribution >= 0.6 is 11.3 Å². The highest BCUT2D eigenvalue weighted by Gasteiger charge is 2.12. The molecular weight excluding hydrogens is 446 g/mol. The Morgan fingerprint density at radius 2 is 1.85 bits per heavy atom. The van der Waals surface area contributed by atoms with Crippen LogP contribution in [0.5, 0.6) is 0 Å². The molecule has 4 N–H and O–H groups in total. The molecule has 0 aliphatic heterocycles. The number of carbonyl (C=O) groups excluding carboxylic acids is 2. The Kier molecular flexibility index (Phi) is 7.19. The van der Waals surface area contributed by atoms with E-state index in [1.54, 1.807) is 29.5 Å². The minimum Gasteiger partial charge on any atom is -0.351 e. The Balaban J connectivity index is 1.46. The van der Waals surface area contributed by atoms with Gasteiger partial charge in [0.25, 0.3) is 0 Å². The summed E-state index contributed by atoms with van der Waals surface area (Å²) in [5.41, 5.74) is 9.52. The summed E-state index contributed by atoms with van der Waals surface area (Å²) in [6, 6.07) is 20.5. The fraction of sp³-hybridized carbons (Fsp3) is 0.115. The molecule has 0 aliphatic rings. The van der Waals surface area contributed by atoms with E-state index in [4.69, 9.17) is 10.8 Å². The number of hydrogen-bond acceptors (Lipinski definition) is 4. The Bertz CT molecular complexity index is 1280. The average molecular weight is 472 g/mol. The molecule has 0 saturated heterocycles. The lowest BCUT2D eigenvalue weighted by atomic mass is 10.1. The van der Waals surface area contributed by atoms with Crippen molar-refractivity contribution in [3.8, 4) is 10.6 Å². The van der Waals surface area contributed by atoms with Gasteiger partial charge in [-0.3, -0.25) is 9.48 Å². The van der Waals surface area contributed by atoms with Gasteiger partial charge in [0.15, 0.2) is 0 Å². The molecule has 4 rings (SSSR count). The van der Waals surface area contributed by atoms with Crippen molar-refractivity contribution in [1.82, 2.24) is 15.1 Å². The maximum atomic E-state index is 12.6. The lowest BCUT2D eigenvalue weighted by molar-refractivity contribution is -0.117. The standard InChI is InChI=1S/C26H25N5O2S/c1-18(20-9-12-22(13-10-20)29-26(27)33)28-24(32)14-11-21-17-31(16-19-6-3-2-4-7-19)30-25(21)23-8-5-15-34-23/h2-15,17-18H,16H2,1H3,(H,28,32)(H3,27,29,33). The van der Waals surface area contributed by atoms with Crippen molar-refractivity contribution >= 4 is 35.0 Å². The van der Waals surface area contributed by atoms with Crippen LogP contribution in [0.2, 0.25) is 0 Å². The molecule has 0 aliphatic carbocycles. The van der Waals surface area contributed by atoms with Crippen LogP contribution in [-0.2, 0) is 11.3 Å². The van der Waals surface area contributed by atoms with E-state index in [9.17, 15) is 9.59 Å². The van der Waals surface area contributed by atoms with Gasteiger partial charge in [0.2, 0.25) is 5.91 Å². The van der Waals surface area contributed by atoms with Crippen molar-refractivity contribution in [1.29, 1.82) is 0 Å². The third-order valence-corrected chi connectivity index (χ3v) is 6.06. The van der Waals surface area contributed by atoms with Crippen molar-refractivity contribution in [3.05, 3.63) is 101 Å². The summed E-state index contributed by atoms with van der Waals surface area (Å²) in [7, 11) is 0. The van der Waals surface area contributed by atoms with Crippen LogP contribution in [0.3, 0.4) is 0 Å². The third kappa shape index (κ3) is 5.99. The monoisotopic (exact) mass is 471 g/mol. The summed E-state index contributed by atoms with van der Waals surface area (Å²) in [5, 5.41) is 12.3. The fourth-order valence-electron chi connectivity index (χ4n) is 3.52. The van der Waals surface area contributed by atoms with Gasteiger partial charge in [0.05, 0.1) is 17.5 Å². The van der Waals surface area contributed by atoms with E-state index < -0.39 is 6.03 Å². The minimum absolute atomic E-state index is 0.209. The molecule has 3 amide bonds. The SMILES string of the molecule is CC(NC(=O)C=Cc1cn(Cc2ccccc2)nc1-c1cccs1)c1ccc(NC(N)=O)cc1. The van der Waals surface area contributed by atoms with E-state index in [1.807, 2.05) is 65.6 Å². The van der Waals surface area contributed by atoms with E-state index in [2.05, 4.69) is 22.8 Å². The number of carbonyl (C=O) groups is 2. The fourth-order valence-corrected chi connectivity index (χ4v) is 4.25. The highest BCUT2D eigenvalue weighted by Crippen LogP contribution is 2.28. The molecule has 0 fully saturated rings. The molecule has 0 spiro atoms. The molecule has 0 saturated carbocycles. The van der Waals surface area contributed by atoms with Gasteiger partial charge in [-0.25, -0.2) is 4.79 Å². The van der Waals surface area contributed by atoms with Gasteiger partial charge >= 0.3 is 6.03 Å². The third-order valence-electron chi connectivity index (χ3n) is 5.18. The highest BCUT2D eigenvalue weighted by atomic mass is 32.1. The number of anilines is 1. The van der Waals surface area contributed by atoms with Crippen molar-refractivity contribution in [2.24, 2.45) is 5.73 Å². The Hall–Kier alpha value is -4.17. The van der Waals surface area contributed by atoms with Crippen LogP contribution in [0, 0.1) is 0 Å². The van der Waals surface area contributed by atoms with Crippen LogP contribution in [0.1, 0.15) is 29.7 Å². The molecule has 8 heteroatoms. The number of nitrogens with two attached hydrogens (primary N) is 1. The van der Waals surface area contributed by atoms with Crippen LogP contribution in [0.4, 0.5) is 10.5 Å². The number of rotatable bonds is 8. The average Bonchev–Trinajstić information content (AvgIpc) is 3.48. The normalized spacial score (nSPS) is 11.9. The zero-order valence-electron chi connectivity index (χ0n) is 18.6. The lowest BCUT2D eigenvalue weighted by Crippen LogP contribution is -2.24. The lowest BCUT2D eigenvalue weighted by Gasteiger charge is -2.13. The number of thiophene rings is 1. The minimum atomic E-state index is -0.617. The molecule has 2 aromatic carbocycles. The van der Waals surface area contributed by atoms with E-state index >= 15 is 0 Å². The molecule has 172 valence electrons. The van der Waals surface area contributed by atoms with Gasteiger partial charge in [-0.15, -0.1) is 11.3 Å². The first-order valence-corrected chi connectivity index (χ1v) is 11.7. The van der Waals surface area contributed by atoms with Crippen LogP contribution in [0.25, 0.3) is 16.6 Å². The van der Waals surface area contributed by atoms with Gasteiger partial charge in [-0.1, -0.05) is 48.5 Å². The molecule has 0 radical (unpaired) electrons. The van der Waals surface area contributed by atoms with Crippen LogP contribution in [0.15, 0.2) is 84.4 Å². The number of benzene rings is 2. The topological polar surface area (TPSA) is 102 Å². The van der Waals surface area contributed by atoms with Gasteiger partial charge in [0, 0.05) is 23.5 Å². The van der Waals surface area contributed by atoms with E-state index in [0.29, 0.717) is 12.2 Å². The van der Waals surface area contributed by atoms with Crippen molar-refractivity contribution in [2.45, 2.75) is 19.5 Å². The maximum absolute atomic E-state index is 12.6. The van der Waals surface area contributed by atoms with Gasteiger partial charge < -0.3 is 16.4 Å². The number of nitrogens with zero attached hydrogens (tertiary/aromatic N) is 2. The zero-order chi connectivity index (χ0) is 23.9. The Morgan fingerprint density at radius 3 is 2.53 bits per heavy atom. The predicted molar refractivity (Wildman–Crippen MR) is 136 cm³/mol. The van der Waals surface area contributed by atoms with Crippen LogP contribution in [-0.4, -0.2) is 21.7 Å². The first kappa shape index (κ1) is 23.0. The quantitative estimate of drug-likeness (QED) is 0.314. The van der Waals surface area contributed by atoms with Crippen LogP contribution < -0.4 is 16.4 Å². The Labute approximate surface area is 201 Å². The summed E-state index contributed by atoms with van der Waals surface area (Å²) in [4.78, 5) is 24.6. The molecular formula is C26H25N5O2S. The zero-order valence-corrected chi connectivity index (χ0v) is 19.5. The van der Waals surface area contributed by atoms with Gasteiger partial charge in [-0.05, 0) is 47.7 Å². The summed E-state index contributed by atoms with van der Waals surface area (Å²) in [6.07, 6.45) is 5.28. The number of nitrogens with one attached hydrogen (secondary N) is 2. The van der Waals surface area contributed by atoms with Gasteiger partial charge in [-0.2, -0.15) is 5.10 Å². The summed E-state index contributed by atoms with van der Waals surface area (Å²) < 4.78 is 1.90. The maximum Gasteiger partial charge on any atom is 0.316 e. The molecule has 34 heavy (non-hydrogen) atoms. The second-order valence-electron chi connectivity index (χ2n) is 7.77. The molecule has 2 aromatic heterocycles. The molecule has 1 unspecified atom stereocenters. The summed E-state index contributed by atoms with van der Waals surface area (Å²) in [5.74, 6) is -0.209. The Morgan fingerprint density at radius 1 is 1.09 bits per heavy atom. The van der Waals surface area contributed by atoms with E-state index in [-0.39, 0.29) is 11.9 Å². The highest BCUT2D eigenvalue weighted by molar-refractivity contribution is 7.13. The number of amides is 3. The van der Waals surface area contributed by atoms with Crippen molar-refractivity contribution in [3.63, 3.8) is 0 Å². The molecule has 1 atom stereocenters. The first-order chi connectivity index (χ1) is 16.5. The first-order valence-electron chi connectivity index (χ1n) is 10.8.